The third-order valence-corrected chi connectivity index (χ3v) is 5.16. The zero-order valence-electron chi connectivity index (χ0n) is 14.5. The molecule has 2 saturated heterocycles. The Morgan fingerprint density at radius 1 is 1.33 bits per heavy atom. The third-order valence-electron chi connectivity index (χ3n) is 5.16. The first-order valence-corrected chi connectivity index (χ1v) is 8.79. The van der Waals surface area contributed by atoms with E-state index in [2.05, 4.69) is 6.92 Å². The van der Waals surface area contributed by atoms with E-state index in [1.807, 2.05) is 29.2 Å². The van der Waals surface area contributed by atoms with Gasteiger partial charge in [-0.15, -0.1) is 0 Å². The number of nitrogens with zero attached hydrogens (tertiary/aromatic N) is 2. The van der Waals surface area contributed by atoms with Gasteiger partial charge in [-0.05, 0) is 43.9 Å². The van der Waals surface area contributed by atoms with Crippen LogP contribution in [0.15, 0.2) is 24.3 Å². The van der Waals surface area contributed by atoms with Gasteiger partial charge in [-0.25, -0.2) is 0 Å². The molecule has 5 nitrogen and oxygen atoms in total. The fourth-order valence-electron chi connectivity index (χ4n) is 3.74. The highest BCUT2D eigenvalue weighted by atomic mass is 16.5. The average molecular weight is 330 g/mol. The van der Waals surface area contributed by atoms with Gasteiger partial charge in [-0.2, -0.15) is 0 Å². The van der Waals surface area contributed by atoms with Gasteiger partial charge >= 0.3 is 0 Å². The number of carbonyl (C=O) groups excluding carboxylic acids is 2. The molecule has 2 fully saturated rings. The molecule has 2 heterocycles. The topological polar surface area (TPSA) is 49.9 Å². The van der Waals surface area contributed by atoms with Gasteiger partial charge in [0.25, 0.3) is 0 Å². The lowest BCUT2D eigenvalue weighted by Crippen LogP contribution is -2.45. The van der Waals surface area contributed by atoms with Crippen LogP contribution in [0.25, 0.3) is 0 Å². The quantitative estimate of drug-likeness (QED) is 0.852. The second-order valence-corrected chi connectivity index (χ2v) is 6.90. The van der Waals surface area contributed by atoms with E-state index in [4.69, 9.17) is 4.74 Å². The van der Waals surface area contributed by atoms with Gasteiger partial charge in [0, 0.05) is 32.1 Å². The second kappa shape index (κ2) is 7.24. The Morgan fingerprint density at radius 3 is 2.92 bits per heavy atom. The molecule has 0 spiro atoms. The van der Waals surface area contributed by atoms with E-state index in [-0.39, 0.29) is 17.7 Å². The van der Waals surface area contributed by atoms with E-state index in [1.54, 1.807) is 12.0 Å². The number of piperidine rings is 1. The SMILES string of the molecule is COc1cccc(CN2C[C@H](C(=O)N3CCCC[C@H]3C)CC2=O)c1. The molecule has 130 valence electrons. The van der Waals surface area contributed by atoms with E-state index in [9.17, 15) is 9.59 Å². The summed E-state index contributed by atoms with van der Waals surface area (Å²) in [6.45, 7) is 4.01. The molecule has 0 aromatic heterocycles. The summed E-state index contributed by atoms with van der Waals surface area (Å²) in [6, 6.07) is 8.03. The molecular formula is C19H26N2O3. The van der Waals surface area contributed by atoms with Gasteiger partial charge in [-0.3, -0.25) is 9.59 Å². The van der Waals surface area contributed by atoms with Gasteiger partial charge < -0.3 is 14.5 Å². The Hall–Kier alpha value is -2.04. The van der Waals surface area contributed by atoms with Crippen molar-refractivity contribution < 1.29 is 14.3 Å². The Bertz CT molecular complexity index is 616. The second-order valence-electron chi connectivity index (χ2n) is 6.90. The molecule has 2 atom stereocenters. The Morgan fingerprint density at radius 2 is 2.17 bits per heavy atom. The van der Waals surface area contributed by atoms with Crippen molar-refractivity contribution in [3.63, 3.8) is 0 Å². The lowest BCUT2D eigenvalue weighted by Gasteiger charge is -2.35. The van der Waals surface area contributed by atoms with Crippen molar-refractivity contribution >= 4 is 11.8 Å². The van der Waals surface area contributed by atoms with Crippen LogP contribution in [0.5, 0.6) is 5.75 Å². The van der Waals surface area contributed by atoms with E-state index < -0.39 is 0 Å². The van der Waals surface area contributed by atoms with Crippen molar-refractivity contribution in [3.8, 4) is 5.75 Å². The largest absolute Gasteiger partial charge is 0.497 e. The molecular weight excluding hydrogens is 304 g/mol. The average Bonchev–Trinajstić information content (AvgIpc) is 2.95. The van der Waals surface area contributed by atoms with E-state index in [0.717, 1.165) is 30.7 Å². The van der Waals surface area contributed by atoms with E-state index in [1.165, 1.54) is 6.42 Å². The summed E-state index contributed by atoms with van der Waals surface area (Å²) >= 11 is 0. The minimum atomic E-state index is -0.191. The van der Waals surface area contributed by atoms with Crippen LogP contribution in [0, 0.1) is 5.92 Å². The van der Waals surface area contributed by atoms with Crippen molar-refractivity contribution in [2.45, 2.75) is 45.2 Å². The number of methoxy groups -OCH3 is 1. The molecule has 0 N–H and O–H groups in total. The molecule has 1 aromatic carbocycles. The minimum absolute atomic E-state index is 0.0702. The summed E-state index contributed by atoms with van der Waals surface area (Å²) in [5, 5.41) is 0. The molecule has 3 rings (SSSR count). The van der Waals surface area contributed by atoms with Crippen LogP contribution in [0.2, 0.25) is 0 Å². The smallest absolute Gasteiger partial charge is 0.228 e. The number of carbonyl (C=O) groups is 2. The van der Waals surface area contributed by atoms with Gasteiger partial charge in [0.15, 0.2) is 0 Å². The summed E-state index contributed by atoms with van der Waals surface area (Å²) in [4.78, 5) is 28.9. The molecule has 2 amide bonds. The maximum Gasteiger partial charge on any atom is 0.228 e. The Labute approximate surface area is 143 Å². The number of rotatable bonds is 4. The standard InChI is InChI=1S/C19H26N2O3/c1-14-6-3-4-9-21(14)19(23)16-11-18(22)20(13-16)12-15-7-5-8-17(10-15)24-2/h5,7-8,10,14,16H,3-4,6,9,11-13H2,1-2H3/t14-,16-/m1/s1. The van der Waals surface area contributed by atoms with Crippen LogP contribution >= 0.6 is 0 Å². The third kappa shape index (κ3) is 3.55. The first-order chi connectivity index (χ1) is 11.6. The van der Waals surface area contributed by atoms with Crippen LogP contribution < -0.4 is 4.74 Å². The maximum absolute atomic E-state index is 12.8. The number of amides is 2. The van der Waals surface area contributed by atoms with Gasteiger partial charge in [-0.1, -0.05) is 12.1 Å². The molecule has 0 unspecified atom stereocenters. The molecule has 2 aliphatic heterocycles. The predicted molar refractivity (Wildman–Crippen MR) is 91.5 cm³/mol. The summed E-state index contributed by atoms with van der Waals surface area (Å²) < 4.78 is 5.23. The van der Waals surface area contributed by atoms with Crippen LogP contribution in [0.4, 0.5) is 0 Å². The summed E-state index contributed by atoms with van der Waals surface area (Å²) in [6.07, 6.45) is 3.67. The molecule has 0 aliphatic carbocycles. The highest BCUT2D eigenvalue weighted by molar-refractivity contribution is 5.89. The number of benzene rings is 1. The summed E-state index contributed by atoms with van der Waals surface area (Å²) in [7, 11) is 1.63. The summed E-state index contributed by atoms with van der Waals surface area (Å²) in [5.41, 5.74) is 1.03. The molecule has 0 bridgehead atoms. The minimum Gasteiger partial charge on any atom is -0.497 e. The van der Waals surface area contributed by atoms with Crippen molar-refractivity contribution in [3.05, 3.63) is 29.8 Å². The summed E-state index contributed by atoms with van der Waals surface area (Å²) in [5.74, 6) is 0.821. The Kier molecular flexibility index (Phi) is 5.07. The van der Waals surface area contributed by atoms with Crippen molar-refractivity contribution in [1.29, 1.82) is 0 Å². The fraction of sp³-hybridized carbons (Fsp3) is 0.579. The molecule has 1 aromatic rings. The maximum atomic E-state index is 12.8. The van der Waals surface area contributed by atoms with Crippen LogP contribution in [-0.4, -0.2) is 47.9 Å². The monoisotopic (exact) mass is 330 g/mol. The first-order valence-electron chi connectivity index (χ1n) is 8.79. The van der Waals surface area contributed by atoms with Gasteiger partial charge in [0.05, 0.1) is 13.0 Å². The number of hydrogen-bond donors (Lipinski definition) is 0. The Balaban J connectivity index is 1.63. The highest BCUT2D eigenvalue weighted by Crippen LogP contribution is 2.26. The lowest BCUT2D eigenvalue weighted by atomic mass is 9.99. The molecule has 0 radical (unpaired) electrons. The first kappa shape index (κ1) is 16.8. The van der Waals surface area contributed by atoms with E-state index >= 15 is 0 Å². The fourth-order valence-corrected chi connectivity index (χ4v) is 3.74. The highest BCUT2D eigenvalue weighted by Gasteiger charge is 2.38. The van der Waals surface area contributed by atoms with E-state index in [0.29, 0.717) is 25.6 Å². The molecule has 5 heteroatoms. The molecule has 2 aliphatic rings. The lowest BCUT2D eigenvalue weighted by molar-refractivity contribution is -0.139. The normalized spacial score (nSPS) is 24.3. The van der Waals surface area contributed by atoms with Crippen molar-refractivity contribution in [1.82, 2.24) is 9.80 Å². The predicted octanol–water partition coefficient (Wildman–Crippen LogP) is 2.44. The van der Waals surface area contributed by atoms with Crippen LogP contribution in [0.3, 0.4) is 0 Å². The van der Waals surface area contributed by atoms with Crippen LogP contribution in [-0.2, 0) is 16.1 Å². The van der Waals surface area contributed by atoms with Crippen LogP contribution in [0.1, 0.15) is 38.2 Å². The number of likely N-dealkylation sites (tertiary alicyclic amines) is 2. The van der Waals surface area contributed by atoms with Crippen molar-refractivity contribution in [2.75, 3.05) is 20.2 Å². The zero-order chi connectivity index (χ0) is 17.1. The van der Waals surface area contributed by atoms with Gasteiger partial charge in [0.1, 0.15) is 5.75 Å². The molecule has 24 heavy (non-hydrogen) atoms. The van der Waals surface area contributed by atoms with Gasteiger partial charge in [0.2, 0.25) is 11.8 Å². The molecule has 0 saturated carbocycles. The number of hydrogen-bond acceptors (Lipinski definition) is 3. The van der Waals surface area contributed by atoms with Crippen molar-refractivity contribution in [2.24, 2.45) is 5.92 Å². The number of ether oxygens (including phenoxy) is 1. The zero-order valence-corrected chi connectivity index (χ0v) is 14.5.